The number of ether oxygens (including phenoxy) is 1. The van der Waals surface area contributed by atoms with Gasteiger partial charge in [0.2, 0.25) is 0 Å². The van der Waals surface area contributed by atoms with Crippen molar-refractivity contribution in [2.45, 2.75) is 26.0 Å². The number of likely N-dealkylation sites (tertiary alicyclic amines) is 1. The largest absolute Gasteiger partial charge is 0.507 e. The Balaban J connectivity index is 1.85. The Morgan fingerprint density at radius 3 is 2.52 bits per heavy atom. The predicted octanol–water partition coefficient (Wildman–Crippen LogP) is 4.08. The van der Waals surface area contributed by atoms with E-state index in [-0.39, 0.29) is 24.0 Å². The predicted molar refractivity (Wildman–Crippen MR) is 118 cm³/mol. The van der Waals surface area contributed by atoms with Crippen molar-refractivity contribution in [2.75, 3.05) is 13.2 Å². The number of fused-ring (bicyclic) bond motifs is 1. The molecule has 1 aliphatic rings. The Morgan fingerprint density at radius 2 is 1.77 bits per heavy atom. The lowest BCUT2D eigenvalue weighted by Gasteiger charge is -2.25. The summed E-state index contributed by atoms with van der Waals surface area (Å²) in [5, 5.41) is 13.0. The molecule has 1 amide bonds. The summed E-state index contributed by atoms with van der Waals surface area (Å²) in [4.78, 5) is 31.5. The minimum Gasteiger partial charge on any atom is -0.507 e. The molecule has 158 valence electrons. The highest BCUT2D eigenvalue weighted by Gasteiger charge is 2.46. The van der Waals surface area contributed by atoms with Crippen LogP contribution in [0.25, 0.3) is 16.5 Å². The zero-order chi connectivity index (χ0) is 22.0. The average Bonchev–Trinajstić information content (AvgIpc) is 3.03. The van der Waals surface area contributed by atoms with E-state index in [1.807, 2.05) is 50.2 Å². The number of hydrogen-bond acceptors (Lipinski definition) is 5. The van der Waals surface area contributed by atoms with Crippen LogP contribution in [0.4, 0.5) is 0 Å². The summed E-state index contributed by atoms with van der Waals surface area (Å²) < 4.78 is 5.61. The molecule has 2 aromatic carbocycles. The molecule has 1 fully saturated rings. The van der Waals surface area contributed by atoms with Crippen LogP contribution in [0.2, 0.25) is 0 Å². The van der Waals surface area contributed by atoms with Crippen molar-refractivity contribution < 1.29 is 19.4 Å². The summed E-state index contributed by atoms with van der Waals surface area (Å²) in [5.74, 6) is -1.52. The number of benzene rings is 2. The second-order valence-electron chi connectivity index (χ2n) is 7.72. The zero-order valence-electron chi connectivity index (χ0n) is 17.5. The molecule has 4 rings (SSSR count). The Bertz CT molecular complexity index is 1150. The first-order valence-corrected chi connectivity index (χ1v) is 10.3. The SMILES string of the molecule is CC(C)OCCN1C(=O)C(=O)/C(=C(\O)c2cccc3ccccc23)C1c1ccncc1. The summed E-state index contributed by atoms with van der Waals surface area (Å²) >= 11 is 0. The molecular weight excluding hydrogens is 392 g/mol. The van der Waals surface area contributed by atoms with E-state index in [1.54, 1.807) is 30.6 Å². The van der Waals surface area contributed by atoms with Crippen LogP contribution in [0.3, 0.4) is 0 Å². The molecule has 1 aliphatic heterocycles. The minimum absolute atomic E-state index is 0.00637. The Kier molecular flexibility index (Phi) is 5.82. The minimum atomic E-state index is -0.710. The van der Waals surface area contributed by atoms with Gasteiger partial charge in [-0.1, -0.05) is 42.5 Å². The number of rotatable bonds is 6. The molecule has 1 N–H and O–H groups in total. The van der Waals surface area contributed by atoms with Crippen molar-refractivity contribution in [3.63, 3.8) is 0 Å². The number of nitrogens with zero attached hydrogens (tertiary/aromatic N) is 2. The standard InChI is InChI=1S/C25H24N2O4/c1-16(2)31-15-14-27-22(18-10-12-26-13-11-18)21(24(29)25(27)30)23(28)20-9-5-7-17-6-3-4-8-19(17)20/h3-13,16,22,28H,14-15H2,1-2H3/b23-21-. The summed E-state index contributed by atoms with van der Waals surface area (Å²) in [6.45, 7) is 4.35. The van der Waals surface area contributed by atoms with Gasteiger partial charge < -0.3 is 14.7 Å². The summed E-state index contributed by atoms with van der Waals surface area (Å²) in [6.07, 6.45) is 3.22. The summed E-state index contributed by atoms with van der Waals surface area (Å²) in [7, 11) is 0. The van der Waals surface area contributed by atoms with Crippen LogP contribution in [-0.2, 0) is 14.3 Å². The fourth-order valence-electron chi connectivity index (χ4n) is 3.97. The third-order valence-electron chi connectivity index (χ3n) is 5.39. The maximum absolute atomic E-state index is 13.1. The fraction of sp³-hybridized carbons (Fsp3) is 0.240. The van der Waals surface area contributed by atoms with Crippen LogP contribution in [0, 0.1) is 0 Å². The second-order valence-corrected chi connectivity index (χ2v) is 7.72. The highest BCUT2D eigenvalue weighted by Crippen LogP contribution is 2.40. The van der Waals surface area contributed by atoms with Crippen LogP contribution < -0.4 is 0 Å². The Hall–Kier alpha value is -3.51. The van der Waals surface area contributed by atoms with Gasteiger partial charge in [-0.2, -0.15) is 0 Å². The highest BCUT2D eigenvalue weighted by molar-refractivity contribution is 6.46. The Labute approximate surface area is 180 Å². The Morgan fingerprint density at radius 1 is 1.06 bits per heavy atom. The van der Waals surface area contributed by atoms with Gasteiger partial charge in [0.15, 0.2) is 0 Å². The van der Waals surface area contributed by atoms with Gasteiger partial charge in [0, 0.05) is 24.5 Å². The number of pyridine rings is 1. The number of carbonyl (C=O) groups excluding carboxylic acids is 2. The van der Waals surface area contributed by atoms with Crippen molar-refractivity contribution in [2.24, 2.45) is 0 Å². The van der Waals surface area contributed by atoms with E-state index in [0.29, 0.717) is 17.7 Å². The molecule has 2 heterocycles. The lowest BCUT2D eigenvalue weighted by Crippen LogP contribution is -2.33. The molecule has 0 spiro atoms. The molecule has 6 heteroatoms. The second kappa shape index (κ2) is 8.70. The van der Waals surface area contributed by atoms with E-state index >= 15 is 0 Å². The molecule has 1 saturated heterocycles. The van der Waals surface area contributed by atoms with Gasteiger partial charge in [0.05, 0.1) is 24.3 Å². The number of aromatic nitrogens is 1. The highest BCUT2D eigenvalue weighted by atomic mass is 16.5. The monoisotopic (exact) mass is 416 g/mol. The molecule has 0 bridgehead atoms. The van der Waals surface area contributed by atoms with Gasteiger partial charge in [-0.15, -0.1) is 0 Å². The van der Waals surface area contributed by atoms with Crippen LogP contribution >= 0.6 is 0 Å². The van der Waals surface area contributed by atoms with Gasteiger partial charge >= 0.3 is 0 Å². The van der Waals surface area contributed by atoms with E-state index in [4.69, 9.17) is 4.74 Å². The summed E-state index contributed by atoms with van der Waals surface area (Å²) in [5.41, 5.74) is 1.31. The third-order valence-corrected chi connectivity index (χ3v) is 5.39. The fourth-order valence-corrected chi connectivity index (χ4v) is 3.97. The number of ketones is 1. The van der Waals surface area contributed by atoms with Gasteiger partial charge in [-0.3, -0.25) is 14.6 Å². The van der Waals surface area contributed by atoms with Gasteiger partial charge in [-0.05, 0) is 42.3 Å². The lowest BCUT2D eigenvalue weighted by molar-refractivity contribution is -0.140. The van der Waals surface area contributed by atoms with E-state index in [0.717, 1.165) is 10.8 Å². The molecular formula is C25H24N2O4. The van der Waals surface area contributed by atoms with Crippen LogP contribution in [-0.4, -0.2) is 45.9 Å². The van der Waals surface area contributed by atoms with Gasteiger partial charge in [-0.25, -0.2) is 0 Å². The number of hydrogen-bond donors (Lipinski definition) is 1. The molecule has 1 aromatic heterocycles. The number of Topliss-reactive ketones (excluding diaryl/α,β-unsaturated/α-hetero) is 1. The van der Waals surface area contributed by atoms with Crippen LogP contribution in [0.1, 0.15) is 31.0 Å². The van der Waals surface area contributed by atoms with E-state index < -0.39 is 17.7 Å². The normalized spacial score (nSPS) is 18.3. The molecule has 3 aromatic rings. The van der Waals surface area contributed by atoms with Crippen LogP contribution in [0.15, 0.2) is 72.6 Å². The topological polar surface area (TPSA) is 79.7 Å². The average molecular weight is 416 g/mol. The van der Waals surface area contributed by atoms with Crippen molar-refractivity contribution in [3.8, 4) is 0 Å². The van der Waals surface area contributed by atoms with E-state index in [9.17, 15) is 14.7 Å². The molecule has 1 atom stereocenters. The molecule has 31 heavy (non-hydrogen) atoms. The molecule has 0 radical (unpaired) electrons. The molecule has 0 aliphatic carbocycles. The number of aliphatic hydroxyl groups is 1. The first-order chi connectivity index (χ1) is 15.0. The maximum Gasteiger partial charge on any atom is 0.295 e. The zero-order valence-corrected chi connectivity index (χ0v) is 17.5. The quantitative estimate of drug-likeness (QED) is 0.372. The van der Waals surface area contributed by atoms with Crippen molar-refractivity contribution in [3.05, 3.63) is 83.7 Å². The lowest BCUT2D eigenvalue weighted by atomic mass is 9.94. The number of aliphatic hydroxyl groups excluding tert-OH is 1. The maximum atomic E-state index is 13.1. The van der Waals surface area contributed by atoms with Crippen molar-refractivity contribution in [1.82, 2.24) is 9.88 Å². The smallest absolute Gasteiger partial charge is 0.295 e. The van der Waals surface area contributed by atoms with E-state index in [1.165, 1.54) is 4.90 Å². The van der Waals surface area contributed by atoms with Gasteiger partial charge in [0.1, 0.15) is 5.76 Å². The van der Waals surface area contributed by atoms with Crippen molar-refractivity contribution >= 4 is 28.2 Å². The van der Waals surface area contributed by atoms with E-state index in [2.05, 4.69) is 4.98 Å². The van der Waals surface area contributed by atoms with Gasteiger partial charge in [0.25, 0.3) is 11.7 Å². The van der Waals surface area contributed by atoms with Crippen molar-refractivity contribution in [1.29, 1.82) is 0 Å². The summed E-state index contributed by atoms with van der Waals surface area (Å²) in [6, 6.07) is 15.9. The number of carbonyl (C=O) groups is 2. The third kappa shape index (κ3) is 3.94. The molecule has 6 nitrogen and oxygen atoms in total. The number of amides is 1. The first-order valence-electron chi connectivity index (χ1n) is 10.3. The molecule has 0 saturated carbocycles. The molecule has 1 unspecified atom stereocenters. The van der Waals surface area contributed by atoms with Crippen LogP contribution in [0.5, 0.6) is 0 Å². The first kappa shape index (κ1) is 20.8.